The molecule has 2 N–H and O–H groups in total. The molecule has 0 unspecified atom stereocenters. The number of H-pyrrole nitrogens is 1. The molecule has 1 aromatic carbocycles. The van der Waals surface area contributed by atoms with Gasteiger partial charge in [-0.1, -0.05) is 12.1 Å². The van der Waals surface area contributed by atoms with Crippen molar-refractivity contribution in [3.05, 3.63) is 47.8 Å². The van der Waals surface area contributed by atoms with Crippen molar-refractivity contribution in [3.8, 4) is 0 Å². The summed E-state index contributed by atoms with van der Waals surface area (Å²) in [5.74, 6) is -1.39. The zero-order valence-electron chi connectivity index (χ0n) is 9.62. The number of para-hydroxylation sites is 1. The molecule has 2 aromatic rings. The molecule has 1 aromatic heterocycles. The molecule has 0 fully saturated rings. The maximum absolute atomic E-state index is 12.1. The van der Waals surface area contributed by atoms with Gasteiger partial charge in [-0.05, 0) is 12.1 Å². The van der Waals surface area contributed by atoms with E-state index >= 15 is 0 Å². The molecular weight excluding hydrogens is 234 g/mol. The molecule has 0 aliphatic rings. The Morgan fingerprint density at radius 2 is 2.06 bits per heavy atom. The van der Waals surface area contributed by atoms with E-state index in [1.165, 1.54) is 30.4 Å². The van der Waals surface area contributed by atoms with Crippen molar-refractivity contribution < 1.29 is 14.7 Å². The summed E-state index contributed by atoms with van der Waals surface area (Å²) in [6, 6.07) is 6.34. The first kappa shape index (κ1) is 11.8. The molecule has 0 aliphatic carbocycles. The zero-order valence-corrected chi connectivity index (χ0v) is 9.62. The average Bonchev–Trinajstić information content (AvgIpc) is 2.90. The van der Waals surface area contributed by atoms with Crippen LogP contribution in [0.5, 0.6) is 0 Å². The monoisotopic (exact) mass is 245 g/mol. The molecule has 6 nitrogen and oxygen atoms in total. The summed E-state index contributed by atoms with van der Waals surface area (Å²) in [6.07, 6.45) is 2.85. The first-order valence-corrected chi connectivity index (χ1v) is 5.20. The predicted octanol–water partition coefficient (Wildman–Crippen LogP) is 1.38. The van der Waals surface area contributed by atoms with E-state index in [4.69, 9.17) is 5.11 Å². The van der Waals surface area contributed by atoms with Gasteiger partial charge in [0.2, 0.25) is 0 Å². The maximum atomic E-state index is 12.1. The van der Waals surface area contributed by atoms with Gasteiger partial charge >= 0.3 is 5.97 Å². The van der Waals surface area contributed by atoms with Crippen LogP contribution in [0.1, 0.15) is 20.7 Å². The number of nitrogens with one attached hydrogen (secondary N) is 1. The predicted molar refractivity (Wildman–Crippen MR) is 64.7 cm³/mol. The van der Waals surface area contributed by atoms with Crippen LogP contribution in [0.25, 0.3) is 0 Å². The molecule has 0 atom stereocenters. The fourth-order valence-corrected chi connectivity index (χ4v) is 1.62. The first-order chi connectivity index (χ1) is 8.61. The number of carbonyl (C=O) groups is 2. The third-order valence-corrected chi connectivity index (χ3v) is 2.55. The second-order valence-corrected chi connectivity index (χ2v) is 3.67. The normalized spacial score (nSPS) is 10.1. The third kappa shape index (κ3) is 2.08. The van der Waals surface area contributed by atoms with Crippen molar-refractivity contribution in [3.63, 3.8) is 0 Å². The molecular formula is C12H11N3O3. The highest BCUT2D eigenvalue weighted by molar-refractivity contribution is 6.08. The Hall–Kier alpha value is -2.63. The molecule has 0 saturated carbocycles. The van der Waals surface area contributed by atoms with Crippen LogP contribution in [-0.4, -0.2) is 34.2 Å². The van der Waals surface area contributed by atoms with Gasteiger partial charge in [0, 0.05) is 13.2 Å². The number of benzene rings is 1. The molecule has 0 spiro atoms. The summed E-state index contributed by atoms with van der Waals surface area (Å²) in [7, 11) is 1.52. The van der Waals surface area contributed by atoms with Crippen LogP contribution in [-0.2, 0) is 0 Å². The van der Waals surface area contributed by atoms with Crippen molar-refractivity contribution >= 4 is 17.6 Å². The number of amides is 1. The maximum Gasteiger partial charge on any atom is 0.337 e. The van der Waals surface area contributed by atoms with E-state index < -0.39 is 5.97 Å². The highest BCUT2D eigenvalue weighted by Crippen LogP contribution is 2.20. The molecule has 0 saturated heterocycles. The van der Waals surface area contributed by atoms with Gasteiger partial charge in [-0.2, -0.15) is 5.10 Å². The van der Waals surface area contributed by atoms with Gasteiger partial charge in [0.25, 0.3) is 5.91 Å². The lowest BCUT2D eigenvalue weighted by molar-refractivity contribution is 0.0697. The fraction of sp³-hybridized carbons (Fsp3) is 0.0833. The SMILES string of the molecule is CN(C(=O)c1cn[nH]c1)c1ccccc1C(=O)O. The number of aromatic carboxylic acids is 1. The molecule has 1 heterocycles. The third-order valence-electron chi connectivity index (χ3n) is 2.55. The minimum Gasteiger partial charge on any atom is -0.478 e. The van der Waals surface area contributed by atoms with Crippen molar-refractivity contribution in [2.24, 2.45) is 0 Å². The lowest BCUT2D eigenvalue weighted by atomic mass is 10.1. The number of hydrogen-bond acceptors (Lipinski definition) is 3. The van der Waals surface area contributed by atoms with Gasteiger partial charge < -0.3 is 10.0 Å². The fourth-order valence-electron chi connectivity index (χ4n) is 1.62. The molecule has 18 heavy (non-hydrogen) atoms. The summed E-state index contributed by atoms with van der Waals surface area (Å²) in [6.45, 7) is 0. The molecule has 2 rings (SSSR count). The Bertz CT molecular complexity index is 578. The van der Waals surface area contributed by atoms with E-state index in [0.717, 1.165) is 0 Å². The minimum absolute atomic E-state index is 0.0804. The van der Waals surface area contributed by atoms with Crippen LogP contribution >= 0.6 is 0 Å². The number of carboxylic acid groups (broad SMARTS) is 1. The molecule has 0 bridgehead atoms. The standard InChI is InChI=1S/C12H11N3O3/c1-15(11(16)8-6-13-14-7-8)10-5-3-2-4-9(10)12(17)18/h2-7H,1H3,(H,13,14)(H,17,18). The Kier molecular flexibility index (Phi) is 3.09. The second-order valence-electron chi connectivity index (χ2n) is 3.67. The highest BCUT2D eigenvalue weighted by atomic mass is 16.4. The second kappa shape index (κ2) is 4.70. The van der Waals surface area contributed by atoms with Crippen LogP contribution in [0.15, 0.2) is 36.7 Å². The summed E-state index contributed by atoms with van der Waals surface area (Å²) in [5, 5.41) is 15.3. The number of nitrogens with zero attached hydrogens (tertiary/aromatic N) is 2. The van der Waals surface area contributed by atoms with E-state index in [1.54, 1.807) is 18.2 Å². The summed E-state index contributed by atoms with van der Waals surface area (Å²) in [5.41, 5.74) is 0.797. The van der Waals surface area contributed by atoms with Crippen LogP contribution < -0.4 is 4.90 Å². The van der Waals surface area contributed by atoms with Crippen molar-refractivity contribution in [2.75, 3.05) is 11.9 Å². The molecule has 92 valence electrons. The van der Waals surface area contributed by atoms with Crippen LogP contribution in [0.3, 0.4) is 0 Å². The van der Waals surface area contributed by atoms with Crippen molar-refractivity contribution in [1.82, 2.24) is 10.2 Å². The summed E-state index contributed by atoms with van der Waals surface area (Å²) >= 11 is 0. The lowest BCUT2D eigenvalue weighted by Crippen LogP contribution is -2.27. The largest absolute Gasteiger partial charge is 0.478 e. The van der Waals surface area contributed by atoms with Gasteiger partial charge in [-0.3, -0.25) is 9.89 Å². The number of aromatic nitrogens is 2. The van der Waals surface area contributed by atoms with Gasteiger partial charge in [0.15, 0.2) is 0 Å². The summed E-state index contributed by atoms with van der Waals surface area (Å²) in [4.78, 5) is 24.4. The number of carboxylic acids is 1. The number of carbonyl (C=O) groups excluding carboxylic acids is 1. The number of hydrogen-bond donors (Lipinski definition) is 2. The molecule has 0 aliphatic heterocycles. The van der Waals surface area contributed by atoms with E-state index in [0.29, 0.717) is 11.3 Å². The van der Waals surface area contributed by atoms with Gasteiger partial charge in [0.1, 0.15) is 0 Å². The smallest absolute Gasteiger partial charge is 0.337 e. The first-order valence-electron chi connectivity index (χ1n) is 5.20. The topological polar surface area (TPSA) is 86.3 Å². The molecule has 6 heteroatoms. The van der Waals surface area contributed by atoms with Crippen LogP contribution in [0.2, 0.25) is 0 Å². The zero-order chi connectivity index (χ0) is 13.1. The average molecular weight is 245 g/mol. The van der Waals surface area contributed by atoms with Crippen LogP contribution in [0, 0.1) is 0 Å². The minimum atomic E-state index is -1.07. The van der Waals surface area contributed by atoms with Crippen molar-refractivity contribution in [1.29, 1.82) is 0 Å². The Balaban J connectivity index is 2.37. The summed E-state index contributed by atoms with van der Waals surface area (Å²) < 4.78 is 0. The van der Waals surface area contributed by atoms with Crippen LogP contribution in [0.4, 0.5) is 5.69 Å². The van der Waals surface area contributed by atoms with E-state index in [9.17, 15) is 9.59 Å². The lowest BCUT2D eigenvalue weighted by Gasteiger charge is -2.18. The van der Waals surface area contributed by atoms with Gasteiger partial charge in [-0.25, -0.2) is 4.79 Å². The highest BCUT2D eigenvalue weighted by Gasteiger charge is 2.19. The van der Waals surface area contributed by atoms with Gasteiger partial charge in [0.05, 0.1) is 23.0 Å². The number of rotatable bonds is 3. The van der Waals surface area contributed by atoms with E-state index in [2.05, 4.69) is 10.2 Å². The molecule has 0 radical (unpaired) electrons. The quantitative estimate of drug-likeness (QED) is 0.855. The Morgan fingerprint density at radius 3 is 2.67 bits per heavy atom. The number of aromatic amines is 1. The van der Waals surface area contributed by atoms with E-state index in [1.807, 2.05) is 0 Å². The number of anilines is 1. The Morgan fingerprint density at radius 1 is 1.33 bits per heavy atom. The Labute approximate surface area is 103 Å². The van der Waals surface area contributed by atoms with Gasteiger partial charge in [-0.15, -0.1) is 0 Å². The van der Waals surface area contributed by atoms with Crippen molar-refractivity contribution in [2.45, 2.75) is 0 Å². The van der Waals surface area contributed by atoms with E-state index in [-0.39, 0.29) is 11.5 Å². The molecule has 1 amide bonds.